The zero-order chi connectivity index (χ0) is 53.3. The highest BCUT2D eigenvalue weighted by Crippen LogP contribution is 2.40. The van der Waals surface area contributed by atoms with Crippen molar-refractivity contribution < 1.29 is 47.6 Å². The van der Waals surface area contributed by atoms with Gasteiger partial charge in [-0.2, -0.15) is 5.26 Å². The van der Waals surface area contributed by atoms with E-state index in [1.165, 1.54) is 29.3 Å². The van der Waals surface area contributed by atoms with Gasteiger partial charge in [0.2, 0.25) is 0 Å². The molecule has 0 amide bonds. The van der Waals surface area contributed by atoms with Crippen molar-refractivity contribution in [2.45, 2.75) is 127 Å². The fraction of sp³-hybridized carbons (Fsp3) is 0.400. The standard InChI is InChI=1S/C65H73NO10/c1-3-62(67)73-43-9-5-7-41-71-58-34-30-56(31-35-58)54-26-22-52(23-27-54)50-18-11-47(12-19-50)16-39-64(69)75-60-38-15-49(46-66)45-61(60)76-65(70)40-17-48-13-20-51(21-14-48)53-24-28-55(29-25-53)57-32-36-59(37-33-57)72-42-8-6-10-44-74-63(68)4-2/h3-4,15,22-38,45,47-48,50-51H,1-2,5-14,16-21,39-44H2/t47-,48-,50-,51-. The lowest BCUT2D eigenvalue weighted by molar-refractivity contribution is -0.138. The number of benzene rings is 5. The second-order valence-electron chi connectivity index (χ2n) is 20.1. The third kappa shape index (κ3) is 18.1. The van der Waals surface area contributed by atoms with Crippen molar-refractivity contribution in [2.75, 3.05) is 26.4 Å². The molecule has 0 aromatic heterocycles. The van der Waals surface area contributed by atoms with Gasteiger partial charge >= 0.3 is 23.9 Å². The van der Waals surface area contributed by atoms with Crippen LogP contribution in [0.2, 0.25) is 0 Å². The van der Waals surface area contributed by atoms with Crippen molar-refractivity contribution in [1.82, 2.24) is 0 Å². The first kappa shape index (κ1) is 56.3. The van der Waals surface area contributed by atoms with E-state index in [0.29, 0.717) is 62.1 Å². The smallest absolute Gasteiger partial charge is 0.330 e. The van der Waals surface area contributed by atoms with Crippen LogP contribution in [0.3, 0.4) is 0 Å². The molecule has 7 rings (SSSR count). The Morgan fingerprint density at radius 1 is 0.474 bits per heavy atom. The Balaban J connectivity index is 0.769. The maximum atomic E-state index is 13.2. The lowest BCUT2D eigenvalue weighted by atomic mass is 9.77. The van der Waals surface area contributed by atoms with E-state index >= 15 is 0 Å². The average Bonchev–Trinajstić information content (AvgIpc) is 3.46. The number of nitriles is 1. The van der Waals surface area contributed by atoms with Crippen molar-refractivity contribution >= 4 is 23.9 Å². The monoisotopic (exact) mass is 1030 g/mol. The van der Waals surface area contributed by atoms with Gasteiger partial charge in [0, 0.05) is 31.1 Å². The van der Waals surface area contributed by atoms with Gasteiger partial charge in [0.05, 0.1) is 38.1 Å². The molecule has 76 heavy (non-hydrogen) atoms. The molecule has 5 aromatic carbocycles. The van der Waals surface area contributed by atoms with Gasteiger partial charge in [0.1, 0.15) is 11.5 Å². The molecule has 0 bridgehead atoms. The molecule has 0 heterocycles. The Labute approximate surface area is 449 Å². The number of nitrogens with zero attached hydrogens (tertiary/aromatic N) is 1. The summed E-state index contributed by atoms with van der Waals surface area (Å²) >= 11 is 0. The Kier molecular flexibility index (Phi) is 22.4. The van der Waals surface area contributed by atoms with E-state index in [1.54, 1.807) is 12.1 Å². The minimum absolute atomic E-state index is 0.102. The molecule has 0 atom stereocenters. The average molecular weight is 1030 g/mol. The maximum Gasteiger partial charge on any atom is 0.330 e. The van der Waals surface area contributed by atoms with Crippen LogP contribution >= 0.6 is 0 Å². The minimum atomic E-state index is -0.400. The molecule has 0 spiro atoms. The SMILES string of the molecule is C=CC(=O)OCCCCCOc1ccc(-c2ccc([C@H]3CC[C@H](CCC(=O)Oc4ccc(C#N)cc4OC(=O)CC[C@H]4CC[C@H](c5ccc(-c6ccc(OCCCCCOC(=O)C=C)cc6)cc5)CC4)CC3)cc2)cc1. The number of hydrogen-bond acceptors (Lipinski definition) is 11. The lowest BCUT2D eigenvalue weighted by Crippen LogP contribution is -2.17. The van der Waals surface area contributed by atoms with E-state index in [-0.39, 0.29) is 42.2 Å². The Bertz CT molecular complexity index is 2690. The van der Waals surface area contributed by atoms with E-state index in [0.717, 1.165) is 130 Å². The molecule has 5 aromatic rings. The quantitative estimate of drug-likeness (QED) is 0.0204. The van der Waals surface area contributed by atoms with Crippen molar-refractivity contribution in [3.05, 3.63) is 157 Å². The predicted molar refractivity (Wildman–Crippen MR) is 295 cm³/mol. The van der Waals surface area contributed by atoms with Gasteiger partial charge in [-0.25, -0.2) is 9.59 Å². The summed E-state index contributed by atoms with van der Waals surface area (Å²) in [5, 5.41) is 9.60. The van der Waals surface area contributed by atoms with Gasteiger partial charge in [-0.3, -0.25) is 9.59 Å². The molecule has 0 aliphatic heterocycles. The molecule has 2 saturated carbocycles. The molecule has 2 fully saturated rings. The first-order valence-electron chi connectivity index (χ1n) is 27.4. The number of hydrogen-bond donors (Lipinski definition) is 0. The summed E-state index contributed by atoms with van der Waals surface area (Å²) in [4.78, 5) is 48.7. The van der Waals surface area contributed by atoms with Crippen LogP contribution in [0.15, 0.2) is 141 Å². The summed E-state index contributed by atoms with van der Waals surface area (Å²) in [7, 11) is 0. The van der Waals surface area contributed by atoms with E-state index in [4.69, 9.17) is 28.4 Å². The number of unbranched alkanes of at least 4 members (excludes halogenated alkanes) is 4. The number of carbonyl (C=O) groups excluding carboxylic acids is 4. The van der Waals surface area contributed by atoms with Crippen LogP contribution < -0.4 is 18.9 Å². The zero-order valence-electron chi connectivity index (χ0n) is 43.9. The second kappa shape index (κ2) is 30.2. The molecule has 11 nitrogen and oxygen atoms in total. The normalized spacial score (nSPS) is 17.0. The number of carbonyl (C=O) groups is 4. The lowest BCUT2D eigenvalue weighted by Gasteiger charge is -2.29. The van der Waals surface area contributed by atoms with E-state index in [9.17, 15) is 24.4 Å². The van der Waals surface area contributed by atoms with Crippen LogP contribution in [-0.2, 0) is 28.7 Å². The van der Waals surface area contributed by atoms with Crippen LogP contribution in [0.25, 0.3) is 22.3 Å². The van der Waals surface area contributed by atoms with Crippen LogP contribution in [0.4, 0.5) is 0 Å². The summed E-state index contributed by atoms with van der Waals surface area (Å²) < 4.78 is 33.4. The highest BCUT2D eigenvalue weighted by Gasteiger charge is 2.26. The second-order valence-corrected chi connectivity index (χ2v) is 20.1. The molecular weight excluding hydrogens is 955 g/mol. The summed E-state index contributed by atoms with van der Waals surface area (Å²) in [5.74, 6) is 2.17. The summed E-state index contributed by atoms with van der Waals surface area (Å²) in [6.07, 6.45) is 17.9. The van der Waals surface area contributed by atoms with Crippen molar-refractivity contribution in [2.24, 2.45) is 11.8 Å². The molecule has 0 unspecified atom stereocenters. The van der Waals surface area contributed by atoms with Gasteiger partial charge < -0.3 is 28.4 Å². The fourth-order valence-electron chi connectivity index (χ4n) is 10.3. The third-order valence-corrected chi connectivity index (χ3v) is 14.8. The van der Waals surface area contributed by atoms with Gasteiger partial charge in [0.15, 0.2) is 11.5 Å². The summed E-state index contributed by atoms with van der Waals surface area (Å²) in [5.41, 5.74) is 7.58. The molecule has 11 heteroatoms. The van der Waals surface area contributed by atoms with E-state index in [1.807, 2.05) is 24.3 Å². The number of ether oxygens (including phenoxy) is 6. The zero-order valence-corrected chi connectivity index (χ0v) is 43.9. The van der Waals surface area contributed by atoms with Crippen LogP contribution in [0.1, 0.15) is 144 Å². The largest absolute Gasteiger partial charge is 0.494 e. The van der Waals surface area contributed by atoms with Gasteiger partial charge in [-0.1, -0.05) is 86.0 Å². The van der Waals surface area contributed by atoms with Crippen LogP contribution in [0.5, 0.6) is 23.0 Å². The maximum absolute atomic E-state index is 13.2. The van der Waals surface area contributed by atoms with Crippen LogP contribution in [0, 0.1) is 23.2 Å². The van der Waals surface area contributed by atoms with Gasteiger partial charge in [0.25, 0.3) is 0 Å². The van der Waals surface area contributed by atoms with Gasteiger partial charge in [-0.15, -0.1) is 0 Å². The summed E-state index contributed by atoms with van der Waals surface area (Å²) in [6, 6.07) is 40.7. The Morgan fingerprint density at radius 2 is 0.855 bits per heavy atom. The van der Waals surface area contributed by atoms with Crippen LogP contribution in [-0.4, -0.2) is 50.3 Å². The third-order valence-electron chi connectivity index (χ3n) is 14.8. The number of esters is 4. The van der Waals surface area contributed by atoms with Crippen molar-refractivity contribution in [1.29, 1.82) is 5.26 Å². The Hall–Kier alpha value is -7.45. The molecule has 0 radical (unpaired) electrons. The molecule has 2 aliphatic rings. The topological polar surface area (TPSA) is 147 Å². The van der Waals surface area contributed by atoms with Crippen molar-refractivity contribution in [3.63, 3.8) is 0 Å². The van der Waals surface area contributed by atoms with Gasteiger partial charge in [-0.05, 0) is 196 Å². The molecular formula is C65H73NO10. The minimum Gasteiger partial charge on any atom is -0.494 e. The van der Waals surface area contributed by atoms with E-state index in [2.05, 4.69) is 92.0 Å². The fourth-order valence-corrected chi connectivity index (χ4v) is 10.3. The Morgan fingerprint density at radius 3 is 1.25 bits per heavy atom. The summed E-state index contributed by atoms with van der Waals surface area (Å²) in [6.45, 7) is 8.82. The number of rotatable bonds is 28. The predicted octanol–water partition coefficient (Wildman–Crippen LogP) is 14.8. The molecule has 2 aliphatic carbocycles. The highest BCUT2D eigenvalue weighted by molar-refractivity contribution is 5.81. The molecule has 398 valence electrons. The molecule has 0 saturated heterocycles. The van der Waals surface area contributed by atoms with Crippen molar-refractivity contribution in [3.8, 4) is 51.3 Å². The van der Waals surface area contributed by atoms with E-state index < -0.39 is 5.97 Å². The first-order valence-corrected chi connectivity index (χ1v) is 27.4. The molecule has 0 N–H and O–H groups in total. The highest BCUT2D eigenvalue weighted by atomic mass is 16.6. The first-order chi connectivity index (χ1) is 37.2.